The zero-order valence-corrected chi connectivity index (χ0v) is 10.7. The van der Waals surface area contributed by atoms with Crippen molar-refractivity contribution in [2.24, 2.45) is 11.8 Å². The zero-order valence-electron chi connectivity index (χ0n) is 10.7. The van der Waals surface area contributed by atoms with Gasteiger partial charge in [0, 0.05) is 31.2 Å². The highest BCUT2D eigenvalue weighted by atomic mass is 15.3. The first-order valence-corrected chi connectivity index (χ1v) is 6.47. The molecule has 1 heterocycles. The van der Waals surface area contributed by atoms with E-state index in [1.54, 1.807) is 0 Å². The summed E-state index contributed by atoms with van der Waals surface area (Å²) < 4.78 is 0. The normalized spacial score (nSPS) is 32.2. The van der Waals surface area contributed by atoms with Gasteiger partial charge in [0.25, 0.3) is 0 Å². The quantitative estimate of drug-likeness (QED) is 0.767. The molecule has 2 rings (SSSR count). The summed E-state index contributed by atoms with van der Waals surface area (Å²) in [4.78, 5) is 2.71. The molecule has 0 bridgehead atoms. The summed E-state index contributed by atoms with van der Waals surface area (Å²) in [5.41, 5.74) is 0.355. The van der Waals surface area contributed by atoms with Crippen molar-refractivity contribution in [3.05, 3.63) is 0 Å². The molecule has 0 radical (unpaired) electrons. The summed E-state index contributed by atoms with van der Waals surface area (Å²) in [6.07, 6.45) is 2.93. The van der Waals surface area contributed by atoms with Crippen molar-refractivity contribution in [3.63, 3.8) is 0 Å². The van der Waals surface area contributed by atoms with E-state index >= 15 is 0 Å². The van der Waals surface area contributed by atoms with Crippen molar-refractivity contribution in [1.29, 1.82) is 0 Å². The summed E-state index contributed by atoms with van der Waals surface area (Å²) in [5.74, 6) is 1.76. The SMILES string of the molecule is CC(C)C1CN(CC2CC2)C(C)(C)CN1. The summed E-state index contributed by atoms with van der Waals surface area (Å²) >= 11 is 0. The molecule has 1 unspecified atom stereocenters. The number of nitrogens with zero attached hydrogens (tertiary/aromatic N) is 1. The predicted octanol–water partition coefficient (Wildman–Crippen LogP) is 2.10. The van der Waals surface area contributed by atoms with Gasteiger partial charge in [0.1, 0.15) is 0 Å². The molecule has 15 heavy (non-hydrogen) atoms. The standard InChI is InChI=1S/C13H26N2/c1-10(2)12-8-15(7-11-5-6-11)13(3,4)9-14-12/h10-12,14H,5-9H2,1-4H3. The van der Waals surface area contributed by atoms with Crippen LogP contribution in [0.3, 0.4) is 0 Å². The third-order valence-electron chi connectivity index (χ3n) is 4.05. The fourth-order valence-electron chi connectivity index (χ4n) is 2.42. The molecule has 2 aliphatic rings. The lowest BCUT2D eigenvalue weighted by Gasteiger charge is -2.47. The molecule has 1 aliphatic carbocycles. The largest absolute Gasteiger partial charge is 0.311 e. The average Bonchev–Trinajstić information content (AvgIpc) is 2.91. The molecule has 1 saturated carbocycles. The van der Waals surface area contributed by atoms with Crippen LogP contribution in [0.5, 0.6) is 0 Å². The van der Waals surface area contributed by atoms with Crippen LogP contribution in [-0.2, 0) is 0 Å². The van der Waals surface area contributed by atoms with Crippen molar-refractivity contribution in [2.75, 3.05) is 19.6 Å². The Hall–Kier alpha value is -0.0800. The number of hydrogen-bond acceptors (Lipinski definition) is 2. The molecule has 2 heteroatoms. The van der Waals surface area contributed by atoms with E-state index in [0.29, 0.717) is 11.6 Å². The lowest BCUT2D eigenvalue weighted by molar-refractivity contribution is 0.0504. The van der Waals surface area contributed by atoms with E-state index < -0.39 is 0 Å². The Bertz CT molecular complexity index is 219. The molecule has 0 aromatic rings. The Labute approximate surface area is 94.4 Å². The van der Waals surface area contributed by atoms with E-state index in [1.165, 1.54) is 25.9 Å². The Morgan fingerprint density at radius 3 is 2.53 bits per heavy atom. The maximum absolute atomic E-state index is 3.69. The summed E-state index contributed by atoms with van der Waals surface area (Å²) in [6, 6.07) is 0.691. The molecular formula is C13H26N2. The van der Waals surface area contributed by atoms with E-state index in [9.17, 15) is 0 Å². The molecule has 0 aromatic heterocycles. The van der Waals surface area contributed by atoms with Crippen LogP contribution in [0.4, 0.5) is 0 Å². The Balaban J connectivity index is 1.95. The maximum Gasteiger partial charge on any atom is 0.0278 e. The van der Waals surface area contributed by atoms with Gasteiger partial charge in [-0.1, -0.05) is 13.8 Å². The van der Waals surface area contributed by atoms with E-state index in [-0.39, 0.29) is 0 Å². The van der Waals surface area contributed by atoms with Crippen molar-refractivity contribution in [2.45, 2.75) is 52.1 Å². The van der Waals surface area contributed by atoms with Crippen molar-refractivity contribution in [3.8, 4) is 0 Å². The molecule has 2 fully saturated rings. The van der Waals surface area contributed by atoms with Crippen LogP contribution < -0.4 is 5.32 Å². The topological polar surface area (TPSA) is 15.3 Å². The molecule has 1 aliphatic heterocycles. The predicted molar refractivity (Wildman–Crippen MR) is 65.0 cm³/mol. The van der Waals surface area contributed by atoms with Gasteiger partial charge in [0.15, 0.2) is 0 Å². The molecule has 0 aromatic carbocycles. The first-order valence-electron chi connectivity index (χ1n) is 6.47. The lowest BCUT2D eigenvalue weighted by Crippen LogP contribution is -2.63. The Morgan fingerprint density at radius 2 is 2.00 bits per heavy atom. The highest BCUT2D eigenvalue weighted by Crippen LogP contribution is 2.33. The van der Waals surface area contributed by atoms with Gasteiger partial charge >= 0.3 is 0 Å². The third kappa shape index (κ3) is 2.73. The molecule has 88 valence electrons. The van der Waals surface area contributed by atoms with Crippen molar-refractivity contribution < 1.29 is 0 Å². The van der Waals surface area contributed by atoms with Gasteiger partial charge in [-0.3, -0.25) is 4.90 Å². The third-order valence-corrected chi connectivity index (χ3v) is 4.05. The first kappa shape index (κ1) is 11.4. The highest BCUT2D eigenvalue weighted by Gasteiger charge is 2.37. The van der Waals surface area contributed by atoms with Gasteiger partial charge in [-0.15, -0.1) is 0 Å². The second-order valence-corrected chi connectivity index (χ2v) is 6.39. The molecule has 0 amide bonds. The zero-order chi connectivity index (χ0) is 11.1. The molecule has 1 saturated heterocycles. The monoisotopic (exact) mass is 210 g/mol. The summed E-state index contributed by atoms with van der Waals surface area (Å²) in [7, 11) is 0. The van der Waals surface area contributed by atoms with Crippen molar-refractivity contribution in [1.82, 2.24) is 10.2 Å². The van der Waals surface area contributed by atoms with E-state index in [0.717, 1.165) is 18.4 Å². The summed E-state index contributed by atoms with van der Waals surface area (Å²) in [5, 5.41) is 3.69. The van der Waals surface area contributed by atoms with Gasteiger partial charge in [-0.25, -0.2) is 0 Å². The lowest BCUT2D eigenvalue weighted by atomic mass is 9.92. The second kappa shape index (κ2) is 4.06. The second-order valence-electron chi connectivity index (χ2n) is 6.39. The van der Waals surface area contributed by atoms with Gasteiger partial charge < -0.3 is 5.32 Å². The minimum Gasteiger partial charge on any atom is -0.311 e. The maximum atomic E-state index is 3.69. The molecular weight excluding hydrogens is 184 g/mol. The number of rotatable bonds is 3. The van der Waals surface area contributed by atoms with E-state index in [2.05, 4.69) is 37.9 Å². The average molecular weight is 210 g/mol. The van der Waals surface area contributed by atoms with E-state index in [4.69, 9.17) is 0 Å². The van der Waals surface area contributed by atoms with Gasteiger partial charge in [0.2, 0.25) is 0 Å². The fraction of sp³-hybridized carbons (Fsp3) is 1.00. The Morgan fingerprint density at radius 1 is 1.33 bits per heavy atom. The van der Waals surface area contributed by atoms with Crippen LogP contribution in [0.25, 0.3) is 0 Å². The van der Waals surface area contributed by atoms with Gasteiger partial charge in [-0.2, -0.15) is 0 Å². The molecule has 2 nitrogen and oxygen atoms in total. The number of hydrogen-bond donors (Lipinski definition) is 1. The summed E-state index contributed by atoms with van der Waals surface area (Å²) in [6.45, 7) is 13.1. The van der Waals surface area contributed by atoms with Crippen LogP contribution >= 0.6 is 0 Å². The van der Waals surface area contributed by atoms with E-state index in [1.807, 2.05) is 0 Å². The first-order chi connectivity index (χ1) is 6.99. The van der Waals surface area contributed by atoms with Crippen LogP contribution in [0, 0.1) is 11.8 Å². The number of piperazine rings is 1. The van der Waals surface area contributed by atoms with Crippen LogP contribution in [-0.4, -0.2) is 36.1 Å². The van der Waals surface area contributed by atoms with Crippen LogP contribution in [0.15, 0.2) is 0 Å². The molecule has 1 N–H and O–H groups in total. The van der Waals surface area contributed by atoms with Crippen molar-refractivity contribution >= 4 is 0 Å². The van der Waals surface area contributed by atoms with Gasteiger partial charge in [-0.05, 0) is 38.5 Å². The minimum absolute atomic E-state index is 0.355. The minimum atomic E-state index is 0.355. The van der Waals surface area contributed by atoms with Crippen LogP contribution in [0.2, 0.25) is 0 Å². The highest BCUT2D eigenvalue weighted by molar-refractivity contribution is 4.95. The Kier molecular flexibility index (Phi) is 3.09. The fourth-order valence-corrected chi connectivity index (χ4v) is 2.42. The molecule has 0 spiro atoms. The van der Waals surface area contributed by atoms with Crippen LogP contribution in [0.1, 0.15) is 40.5 Å². The molecule has 1 atom stereocenters. The smallest absolute Gasteiger partial charge is 0.0278 e. The van der Waals surface area contributed by atoms with Gasteiger partial charge in [0.05, 0.1) is 0 Å². The number of nitrogens with one attached hydrogen (secondary N) is 1.